The standard InChI is InChI=1S/C15H9Br2Cl3N2O4/c16-8-1-6(13(24)12(17)14(8)25)4-21-22-11(23)5-26-15-9(19)2-7(18)3-10(15)20/h1-4,24-25H,5H2,(H,22,23). The van der Waals surface area contributed by atoms with E-state index in [0.29, 0.717) is 9.50 Å². The Morgan fingerprint density at radius 3 is 2.38 bits per heavy atom. The number of halogens is 5. The third-order valence-corrected chi connectivity index (χ3v) is 5.04. The summed E-state index contributed by atoms with van der Waals surface area (Å²) in [5.74, 6) is -0.853. The Labute approximate surface area is 180 Å². The van der Waals surface area contributed by atoms with Crippen molar-refractivity contribution in [2.24, 2.45) is 5.10 Å². The monoisotopic (exact) mass is 544 g/mol. The fourth-order valence-corrected chi connectivity index (χ4v) is 3.81. The van der Waals surface area contributed by atoms with Crippen molar-refractivity contribution >= 4 is 78.8 Å². The van der Waals surface area contributed by atoms with Gasteiger partial charge in [0, 0.05) is 10.6 Å². The Hall–Kier alpha value is -1.19. The van der Waals surface area contributed by atoms with Gasteiger partial charge in [-0.25, -0.2) is 5.43 Å². The molecule has 0 aliphatic carbocycles. The molecule has 0 fully saturated rings. The average molecular weight is 547 g/mol. The molecule has 11 heteroatoms. The van der Waals surface area contributed by atoms with Gasteiger partial charge in [-0.1, -0.05) is 34.8 Å². The van der Waals surface area contributed by atoms with Crippen LogP contribution in [0.25, 0.3) is 0 Å². The third kappa shape index (κ3) is 5.17. The highest BCUT2D eigenvalue weighted by Gasteiger charge is 2.13. The lowest BCUT2D eigenvalue weighted by molar-refractivity contribution is -0.123. The van der Waals surface area contributed by atoms with Gasteiger partial charge in [0.05, 0.1) is 20.7 Å². The minimum atomic E-state index is -0.584. The number of nitrogens with zero attached hydrogens (tertiary/aromatic N) is 1. The molecule has 0 unspecified atom stereocenters. The van der Waals surface area contributed by atoms with Crippen molar-refractivity contribution < 1.29 is 19.7 Å². The number of amides is 1. The first-order chi connectivity index (χ1) is 12.2. The number of hydrazone groups is 1. The summed E-state index contributed by atoms with van der Waals surface area (Å²) in [5.41, 5.74) is 2.48. The van der Waals surface area contributed by atoms with E-state index in [4.69, 9.17) is 39.5 Å². The van der Waals surface area contributed by atoms with Crippen LogP contribution in [0.3, 0.4) is 0 Å². The molecule has 0 aliphatic heterocycles. The van der Waals surface area contributed by atoms with Crippen LogP contribution in [0.2, 0.25) is 15.1 Å². The highest BCUT2D eigenvalue weighted by Crippen LogP contribution is 2.40. The number of carbonyl (C=O) groups is 1. The molecule has 0 heterocycles. The van der Waals surface area contributed by atoms with E-state index in [1.165, 1.54) is 24.4 Å². The van der Waals surface area contributed by atoms with E-state index in [1.54, 1.807) is 0 Å². The van der Waals surface area contributed by atoms with Gasteiger partial charge in [0.2, 0.25) is 0 Å². The molecule has 2 aromatic rings. The van der Waals surface area contributed by atoms with Crippen molar-refractivity contribution in [3.8, 4) is 17.2 Å². The molecule has 0 aliphatic rings. The van der Waals surface area contributed by atoms with Crippen molar-refractivity contribution in [1.29, 1.82) is 0 Å². The SMILES string of the molecule is O=C(COc1c(Cl)cc(Cl)cc1Cl)NN=Cc1cc(Br)c(O)c(Br)c1O. The smallest absolute Gasteiger partial charge is 0.277 e. The zero-order valence-corrected chi connectivity index (χ0v) is 18.0. The number of nitrogens with one attached hydrogen (secondary N) is 1. The van der Waals surface area contributed by atoms with Crippen LogP contribution in [0.15, 0.2) is 32.2 Å². The van der Waals surface area contributed by atoms with Crippen LogP contribution in [0.5, 0.6) is 17.2 Å². The summed E-state index contributed by atoms with van der Waals surface area (Å²) in [6.07, 6.45) is 1.20. The first-order valence-corrected chi connectivity index (χ1v) is 9.42. The quantitative estimate of drug-likeness (QED) is 0.359. The summed E-state index contributed by atoms with van der Waals surface area (Å²) in [4.78, 5) is 11.8. The number of hydrogen-bond acceptors (Lipinski definition) is 5. The Morgan fingerprint density at radius 1 is 1.15 bits per heavy atom. The van der Waals surface area contributed by atoms with Gasteiger partial charge in [0.1, 0.15) is 16.0 Å². The van der Waals surface area contributed by atoms with Crippen LogP contribution in [0.1, 0.15) is 5.56 Å². The lowest BCUT2D eigenvalue weighted by atomic mass is 10.2. The van der Waals surface area contributed by atoms with Crippen molar-refractivity contribution in [3.63, 3.8) is 0 Å². The maximum absolute atomic E-state index is 11.8. The largest absolute Gasteiger partial charge is 0.506 e. The molecule has 26 heavy (non-hydrogen) atoms. The van der Waals surface area contributed by atoms with E-state index in [-0.39, 0.29) is 37.3 Å². The van der Waals surface area contributed by atoms with Crippen LogP contribution < -0.4 is 10.2 Å². The average Bonchev–Trinajstić information content (AvgIpc) is 2.56. The molecular weight excluding hydrogens is 538 g/mol. The van der Waals surface area contributed by atoms with Crippen molar-refractivity contribution in [3.05, 3.63) is 47.8 Å². The van der Waals surface area contributed by atoms with Crippen molar-refractivity contribution in [2.75, 3.05) is 6.61 Å². The minimum Gasteiger partial charge on any atom is -0.506 e. The number of hydrogen-bond donors (Lipinski definition) is 3. The maximum Gasteiger partial charge on any atom is 0.277 e. The molecule has 138 valence electrons. The molecule has 0 aromatic heterocycles. The van der Waals surface area contributed by atoms with Gasteiger partial charge in [0.25, 0.3) is 5.91 Å². The summed E-state index contributed by atoms with van der Waals surface area (Å²) < 4.78 is 5.69. The van der Waals surface area contributed by atoms with Crippen LogP contribution in [0, 0.1) is 0 Å². The van der Waals surface area contributed by atoms with Crippen LogP contribution in [-0.2, 0) is 4.79 Å². The fraction of sp³-hybridized carbons (Fsp3) is 0.0667. The summed E-state index contributed by atoms with van der Waals surface area (Å²) in [6, 6.07) is 4.29. The molecule has 6 nitrogen and oxygen atoms in total. The molecule has 1 amide bonds. The van der Waals surface area contributed by atoms with Gasteiger partial charge in [0.15, 0.2) is 12.4 Å². The van der Waals surface area contributed by atoms with Gasteiger partial charge in [-0.2, -0.15) is 5.10 Å². The number of benzene rings is 2. The first kappa shape index (κ1) is 21.1. The first-order valence-electron chi connectivity index (χ1n) is 6.70. The fourth-order valence-electron chi connectivity index (χ4n) is 1.73. The summed E-state index contributed by atoms with van der Waals surface area (Å²) in [5, 5.41) is 23.9. The minimum absolute atomic E-state index is 0.0926. The zero-order chi connectivity index (χ0) is 19.4. The third-order valence-electron chi connectivity index (χ3n) is 2.90. The molecule has 0 saturated heterocycles. The number of phenols is 2. The topological polar surface area (TPSA) is 91.2 Å². The van der Waals surface area contributed by atoms with E-state index in [0.717, 1.165) is 0 Å². The Kier molecular flexibility index (Phi) is 7.42. The Balaban J connectivity index is 1.99. The van der Waals surface area contributed by atoms with E-state index in [9.17, 15) is 15.0 Å². The van der Waals surface area contributed by atoms with Gasteiger partial charge in [-0.05, 0) is 50.1 Å². The summed E-state index contributed by atoms with van der Waals surface area (Å²) >= 11 is 23.9. The van der Waals surface area contributed by atoms with Gasteiger partial charge >= 0.3 is 0 Å². The second-order valence-electron chi connectivity index (χ2n) is 4.74. The second-order valence-corrected chi connectivity index (χ2v) is 7.64. The number of ether oxygens (including phenoxy) is 1. The van der Waals surface area contributed by atoms with E-state index in [2.05, 4.69) is 42.4 Å². The predicted molar refractivity (Wildman–Crippen MR) is 108 cm³/mol. The lowest BCUT2D eigenvalue weighted by Crippen LogP contribution is -2.24. The molecule has 0 radical (unpaired) electrons. The molecule has 2 rings (SSSR count). The van der Waals surface area contributed by atoms with E-state index < -0.39 is 12.5 Å². The number of phenolic OH excluding ortho intramolecular Hbond substituents is 2. The molecule has 3 N–H and O–H groups in total. The van der Waals surface area contributed by atoms with Crippen LogP contribution in [0.4, 0.5) is 0 Å². The molecular formula is C15H9Br2Cl3N2O4. The summed E-state index contributed by atoms with van der Waals surface area (Å²) in [7, 11) is 0. The Bertz CT molecular complexity index is 871. The van der Waals surface area contributed by atoms with E-state index >= 15 is 0 Å². The highest BCUT2D eigenvalue weighted by molar-refractivity contribution is 9.11. The molecule has 0 atom stereocenters. The normalized spacial score (nSPS) is 11.0. The number of carbonyl (C=O) groups excluding carboxylic acids is 1. The van der Waals surface area contributed by atoms with Crippen LogP contribution in [-0.4, -0.2) is 28.9 Å². The predicted octanol–water partition coefficient (Wildman–Crippen LogP) is 5.11. The number of rotatable bonds is 5. The van der Waals surface area contributed by atoms with Crippen molar-refractivity contribution in [1.82, 2.24) is 5.43 Å². The lowest BCUT2D eigenvalue weighted by Gasteiger charge is -2.09. The van der Waals surface area contributed by atoms with Crippen LogP contribution >= 0.6 is 66.7 Å². The summed E-state index contributed by atoms with van der Waals surface area (Å²) in [6.45, 7) is -0.395. The maximum atomic E-state index is 11.8. The molecule has 0 bridgehead atoms. The number of aromatic hydroxyl groups is 2. The van der Waals surface area contributed by atoms with Crippen molar-refractivity contribution in [2.45, 2.75) is 0 Å². The highest BCUT2D eigenvalue weighted by atomic mass is 79.9. The van der Waals surface area contributed by atoms with Gasteiger partial charge in [-0.3, -0.25) is 4.79 Å². The molecule has 2 aromatic carbocycles. The molecule has 0 saturated carbocycles. The van der Waals surface area contributed by atoms with E-state index in [1.807, 2.05) is 0 Å². The van der Waals surface area contributed by atoms with Gasteiger partial charge in [-0.15, -0.1) is 0 Å². The van der Waals surface area contributed by atoms with Gasteiger partial charge < -0.3 is 14.9 Å². The molecule has 0 spiro atoms. The Morgan fingerprint density at radius 2 is 1.77 bits per heavy atom. The zero-order valence-electron chi connectivity index (χ0n) is 12.6. The second kappa shape index (κ2) is 9.14.